The topological polar surface area (TPSA) is 21.6 Å². The average Bonchev–Trinajstić information content (AvgIpc) is 1.61. The Kier molecular flexibility index (Phi) is 4.08. The Balaban J connectivity index is 2.66. The maximum Gasteiger partial charge on any atom is 0.114 e. The van der Waals surface area contributed by atoms with Gasteiger partial charge < -0.3 is 4.84 Å². The molecule has 2 heteroatoms. The van der Waals surface area contributed by atoms with Gasteiger partial charge in [0.2, 0.25) is 0 Å². The van der Waals surface area contributed by atoms with Crippen molar-refractivity contribution in [1.82, 2.24) is 0 Å². The van der Waals surface area contributed by atoms with E-state index in [9.17, 15) is 0 Å². The molecule has 0 atom stereocenters. The van der Waals surface area contributed by atoms with Gasteiger partial charge in [0, 0.05) is 6.21 Å². The smallest absolute Gasteiger partial charge is 0.114 e. The fourth-order valence-electron chi connectivity index (χ4n) is 0.149. The molecule has 0 unspecified atom stereocenters. The van der Waals surface area contributed by atoms with Gasteiger partial charge in [-0.05, 0) is 13.8 Å². The first-order valence-corrected chi connectivity index (χ1v) is 2.01. The van der Waals surface area contributed by atoms with Crippen LogP contribution in [0, 0.1) is 0 Å². The maximum absolute atomic E-state index is 4.55. The summed E-state index contributed by atoms with van der Waals surface area (Å²) in [6.07, 6.45) is 1.61. The summed E-state index contributed by atoms with van der Waals surface area (Å²) in [5.41, 5.74) is 0. The molecule has 0 aliphatic carbocycles. The summed E-state index contributed by atoms with van der Waals surface area (Å²) < 4.78 is 0. The predicted octanol–water partition coefficient (Wildman–Crippen LogP) is 1.03. The van der Waals surface area contributed by atoms with E-state index < -0.39 is 0 Å². The largest absolute Gasteiger partial charge is 0.396 e. The average molecular weight is 87.1 g/mol. The number of nitrogens with zero attached hydrogens (tertiary/aromatic N) is 1. The molecule has 0 bridgehead atoms. The Morgan fingerprint density at radius 2 is 2.50 bits per heavy atom. The minimum absolute atomic E-state index is 0.657. The first-order chi connectivity index (χ1) is 2.91. The molecular formula is C4H9NO. The summed E-state index contributed by atoms with van der Waals surface area (Å²) >= 11 is 0. The van der Waals surface area contributed by atoms with Crippen molar-refractivity contribution in [1.29, 1.82) is 0 Å². The number of hydrogen-bond donors (Lipinski definition) is 0. The van der Waals surface area contributed by atoms with Crippen LogP contribution in [0.5, 0.6) is 0 Å². The van der Waals surface area contributed by atoms with Crippen LogP contribution in [-0.2, 0) is 4.84 Å². The lowest BCUT2D eigenvalue weighted by molar-refractivity contribution is 0.160. The lowest BCUT2D eigenvalue weighted by Crippen LogP contribution is -1.75. The number of hydrogen-bond acceptors (Lipinski definition) is 2. The van der Waals surface area contributed by atoms with Crippen molar-refractivity contribution in [3.05, 3.63) is 0 Å². The molecule has 0 heterocycles. The van der Waals surface area contributed by atoms with Crippen molar-refractivity contribution in [3.63, 3.8) is 0 Å². The predicted molar refractivity (Wildman–Crippen MR) is 25.8 cm³/mol. The van der Waals surface area contributed by atoms with E-state index in [1.807, 2.05) is 13.8 Å². The first kappa shape index (κ1) is 5.47. The molecule has 0 aliphatic heterocycles. The molecule has 0 saturated heterocycles. The van der Waals surface area contributed by atoms with Crippen LogP contribution < -0.4 is 0 Å². The first-order valence-electron chi connectivity index (χ1n) is 2.01. The van der Waals surface area contributed by atoms with Crippen molar-refractivity contribution in [2.75, 3.05) is 6.61 Å². The lowest BCUT2D eigenvalue weighted by Gasteiger charge is -1.84. The third-order valence-corrected chi connectivity index (χ3v) is 0.309. The minimum Gasteiger partial charge on any atom is -0.396 e. The van der Waals surface area contributed by atoms with Crippen molar-refractivity contribution in [2.24, 2.45) is 5.16 Å². The molecule has 0 amide bonds. The normalized spacial score (nSPS) is 9.67. The van der Waals surface area contributed by atoms with E-state index in [1.165, 1.54) is 0 Å². The monoisotopic (exact) mass is 87.1 g/mol. The highest BCUT2D eigenvalue weighted by atomic mass is 16.6. The Bertz CT molecular complexity index is 42.8. The molecule has 0 saturated carbocycles. The highest BCUT2D eigenvalue weighted by Crippen LogP contribution is 1.67. The molecular weight excluding hydrogens is 78.0 g/mol. The molecule has 0 rings (SSSR count). The highest BCUT2D eigenvalue weighted by molar-refractivity contribution is 5.52. The van der Waals surface area contributed by atoms with E-state index in [4.69, 9.17) is 0 Å². The Labute approximate surface area is 37.8 Å². The molecule has 0 spiro atoms. The Morgan fingerprint density at radius 1 is 1.83 bits per heavy atom. The lowest BCUT2D eigenvalue weighted by atomic mass is 10.9. The second kappa shape index (κ2) is 4.47. The van der Waals surface area contributed by atoms with Crippen LogP contribution in [0.25, 0.3) is 0 Å². The fourth-order valence-corrected chi connectivity index (χ4v) is 0.149. The van der Waals surface area contributed by atoms with Crippen molar-refractivity contribution in [3.8, 4) is 0 Å². The summed E-state index contributed by atoms with van der Waals surface area (Å²) in [4.78, 5) is 4.55. The Hall–Kier alpha value is -0.530. The van der Waals surface area contributed by atoms with Gasteiger partial charge in [-0.25, -0.2) is 0 Å². The van der Waals surface area contributed by atoms with Gasteiger partial charge in [0.05, 0.1) is 0 Å². The van der Waals surface area contributed by atoms with Crippen LogP contribution in [0.2, 0.25) is 0 Å². The highest BCUT2D eigenvalue weighted by Gasteiger charge is 1.60. The molecule has 6 heavy (non-hydrogen) atoms. The quantitative estimate of drug-likeness (QED) is 0.364. The van der Waals surface area contributed by atoms with Gasteiger partial charge in [-0.2, -0.15) is 0 Å². The maximum atomic E-state index is 4.55. The summed E-state index contributed by atoms with van der Waals surface area (Å²) in [7, 11) is 0. The van der Waals surface area contributed by atoms with E-state index in [2.05, 4.69) is 9.99 Å². The fraction of sp³-hybridized carbons (Fsp3) is 0.750. The zero-order chi connectivity index (χ0) is 4.83. The van der Waals surface area contributed by atoms with Gasteiger partial charge in [-0.15, -0.1) is 0 Å². The zero-order valence-corrected chi connectivity index (χ0v) is 4.14. The van der Waals surface area contributed by atoms with Crippen LogP contribution in [0.4, 0.5) is 0 Å². The number of oxime groups is 1. The summed E-state index contributed by atoms with van der Waals surface area (Å²) in [6.45, 7) is 4.37. The second-order valence-electron chi connectivity index (χ2n) is 0.781. The van der Waals surface area contributed by atoms with Gasteiger partial charge >= 0.3 is 0 Å². The molecule has 2 nitrogen and oxygen atoms in total. The summed E-state index contributed by atoms with van der Waals surface area (Å²) in [5.74, 6) is 0. The summed E-state index contributed by atoms with van der Waals surface area (Å²) in [6, 6.07) is 0. The van der Waals surface area contributed by atoms with Gasteiger partial charge in [0.1, 0.15) is 6.61 Å². The third-order valence-electron chi connectivity index (χ3n) is 0.309. The van der Waals surface area contributed by atoms with Gasteiger partial charge in [0.15, 0.2) is 0 Å². The van der Waals surface area contributed by atoms with Gasteiger partial charge in [0.25, 0.3) is 0 Å². The molecule has 36 valence electrons. The van der Waals surface area contributed by atoms with Crippen molar-refractivity contribution in [2.45, 2.75) is 13.8 Å². The third kappa shape index (κ3) is 3.47. The molecule has 0 fully saturated rings. The second-order valence-corrected chi connectivity index (χ2v) is 0.781. The molecule has 0 radical (unpaired) electrons. The molecule has 0 N–H and O–H groups in total. The van der Waals surface area contributed by atoms with Crippen LogP contribution in [-0.4, -0.2) is 12.8 Å². The van der Waals surface area contributed by atoms with Crippen LogP contribution in [0.1, 0.15) is 13.8 Å². The minimum atomic E-state index is 0.657. The number of rotatable bonds is 2. The van der Waals surface area contributed by atoms with Crippen LogP contribution >= 0.6 is 0 Å². The van der Waals surface area contributed by atoms with Gasteiger partial charge in [-0.3, -0.25) is 0 Å². The van der Waals surface area contributed by atoms with E-state index >= 15 is 0 Å². The van der Waals surface area contributed by atoms with E-state index in [0.717, 1.165) is 0 Å². The van der Waals surface area contributed by atoms with Crippen molar-refractivity contribution < 1.29 is 4.84 Å². The van der Waals surface area contributed by atoms with E-state index in [0.29, 0.717) is 6.61 Å². The van der Waals surface area contributed by atoms with Crippen LogP contribution in [0.3, 0.4) is 0 Å². The standard InChI is InChI=1S/C4H9NO/c1-3-5-6-4-2/h3H,4H2,1-2H3/b5-3+. The van der Waals surface area contributed by atoms with Crippen LogP contribution in [0.15, 0.2) is 5.16 Å². The summed E-state index contributed by atoms with van der Waals surface area (Å²) in [5, 5.41) is 3.47. The van der Waals surface area contributed by atoms with E-state index in [-0.39, 0.29) is 0 Å². The zero-order valence-electron chi connectivity index (χ0n) is 4.14. The molecule has 0 aromatic heterocycles. The Morgan fingerprint density at radius 3 is 2.67 bits per heavy atom. The van der Waals surface area contributed by atoms with Crippen molar-refractivity contribution >= 4 is 6.21 Å². The van der Waals surface area contributed by atoms with E-state index in [1.54, 1.807) is 6.21 Å². The molecule has 0 aromatic carbocycles. The molecule has 0 aliphatic rings. The SMILES string of the molecule is C/C=N/OCC. The van der Waals surface area contributed by atoms with Gasteiger partial charge in [-0.1, -0.05) is 5.16 Å². The molecule has 0 aromatic rings.